The van der Waals surface area contributed by atoms with Crippen molar-refractivity contribution >= 4 is 5.91 Å². The van der Waals surface area contributed by atoms with Crippen molar-refractivity contribution in [1.82, 2.24) is 15.4 Å². The zero-order valence-electron chi connectivity index (χ0n) is 20.0. The van der Waals surface area contributed by atoms with Crippen molar-refractivity contribution in [2.75, 3.05) is 34.9 Å². The Kier molecular flexibility index (Phi) is 7.95. The third kappa shape index (κ3) is 5.84. The van der Waals surface area contributed by atoms with Crippen LogP contribution in [0.4, 0.5) is 0 Å². The summed E-state index contributed by atoms with van der Waals surface area (Å²) in [6.07, 6.45) is 0. The van der Waals surface area contributed by atoms with Crippen LogP contribution < -0.4 is 19.5 Å². The van der Waals surface area contributed by atoms with Gasteiger partial charge in [0, 0.05) is 12.1 Å². The number of methoxy groups -OCH3 is 2. The summed E-state index contributed by atoms with van der Waals surface area (Å²) in [5, 5.41) is 6.96. The Morgan fingerprint density at radius 3 is 2.52 bits per heavy atom. The Morgan fingerprint density at radius 2 is 1.88 bits per heavy atom. The van der Waals surface area contributed by atoms with Gasteiger partial charge in [-0.1, -0.05) is 17.3 Å². The summed E-state index contributed by atoms with van der Waals surface area (Å²) in [4.78, 5) is 14.9. The van der Waals surface area contributed by atoms with E-state index in [2.05, 4.69) is 15.4 Å². The molecule has 0 radical (unpaired) electrons. The average Bonchev–Trinajstić information content (AvgIpc) is 3.14. The lowest BCUT2D eigenvalue weighted by molar-refractivity contribution is 0.0941. The van der Waals surface area contributed by atoms with Gasteiger partial charge in [0.25, 0.3) is 5.91 Å². The van der Waals surface area contributed by atoms with E-state index in [0.29, 0.717) is 36.0 Å². The minimum Gasteiger partial charge on any atom is -0.497 e. The number of likely N-dealkylation sites (N-methyl/N-ethyl adjacent to an activating group) is 1. The fourth-order valence-electron chi connectivity index (χ4n) is 3.52. The van der Waals surface area contributed by atoms with E-state index in [4.69, 9.17) is 18.7 Å². The van der Waals surface area contributed by atoms with E-state index in [-0.39, 0.29) is 11.9 Å². The Labute approximate surface area is 194 Å². The fraction of sp³-hybridized carbons (Fsp3) is 0.360. The molecule has 1 unspecified atom stereocenters. The SMILES string of the molecule is COc1cccc(C(CNC(=O)c2ccc(OCc3c(C)noc3C)c(OC)c2)N(C)C)c1. The number of nitrogens with zero attached hydrogens (tertiary/aromatic N) is 2. The van der Waals surface area contributed by atoms with E-state index in [0.717, 1.165) is 22.6 Å². The van der Waals surface area contributed by atoms with E-state index in [1.165, 1.54) is 0 Å². The van der Waals surface area contributed by atoms with E-state index < -0.39 is 0 Å². The highest BCUT2D eigenvalue weighted by Gasteiger charge is 2.18. The van der Waals surface area contributed by atoms with E-state index in [1.807, 2.05) is 52.2 Å². The van der Waals surface area contributed by atoms with Gasteiger partial charge >= 0.3 is 0 Å². The van der Waals surface area contributed by atoms with Gasteiger partial charge in [0.05, 0.1) is 31.5 Å². The van der Waals surface area contributed by atoms with Crippen molar-refractivity contribution in [2.45, 2.75) is 26.5 Å². The molecule has 3 aromatic rings. The average molecular weight is 454 g/mol. The lowest BCUT2D eigenvalue weighted by atomic mass is 10.1. The maximum atomic E-state index is 12.9. The molecule has 0 saturated heterocycles. The smallest absolute Gasteiger partial charge is 0.251 e. The van der Waals surface area contributed by atoms with Crippen molar-refractivity contribution < 1.29 is 23.5 Å². The van der Waals surface area contributed by atoms with Gasteiger partial charge in [0.2, 0.25) is 0 Å². The quantitative estimate of drug-likeness (QED) is 0.498. The molecule has 176 valence electrons. The molecule has 8 nitrogen and oxygen atoms in total. The lowest BCUT2D eigenvalue weighted by Crippen LogP contribution is -2.34. The normalized spacial score (nSPS) is 11.8. The zero-order chi connectivity index (χ0) is 24.0. The topological polar surface area (TPSA) is 86.1 Å². The van der Waals surface area contributed by atoms with Gasteiger partial charge in [0.15, 0.2) is 11.5 Å². The number of aryl methyl sites for hydroxylation is 2. The molecule has 1 heterocycles. The number of amides is 1. The Balaban J connectivity index is 1.68. The summed E-state index contributed by atoms with van der Waals surface area (Å²) in [6, 6.07) is 13.0. The van der Waals surface area contributed by atoms with E-state index in [1.54, 1.807) is 32.4 Å². The summed E-state index contributed by atoms with van der Waals surface area (Å²) in [6.45, 7) is 4.45. The molecule has 1 amide bonds. The number of carbonyl (C=O) groups excluding carboxylic acids is 1. The van der Waals surface area contributed by atoms with Crippen LogP contribution in [0.2, 0.25) is 0 Å². The minimum absolute atomic E-state index is 0.0106. The number of aromatic nitrogens is 1. The maximum absolute atomic E-state index is 12.9. The molecular formula is C25H31N3O5. The molecule has 33 heavy (non-hydrogen) atoms. The van der Waals surface area contributed by atoms with Gasteiger partial charge < -0.3 is 29.0 Å². The van der Waals surface area contributed by atoms with Gasteiger partial charge in [-0.2, -0.15) is 0 Å². The summed E-state index contributed by atoms with van der Waals surface area (Å²) in [5.41, 5.74) is 3.22. The van der Waals surface area contributed by atoms with Crippen LogP contribution in [-0.2, 0) is 6.61 Å². The minimum atomic E-state index is -0.194. The van der Waals surface area contributed by atoms with Crippen LogP contribution in [0.5, 0.6) is 17.2 Å². The third-order valence-electron chi connectivity index (χ3n) is 5.54. The first-order valence-electron chi connectivity index (χ1n) is 10.6. The number of ether oxygens (including phenoxy) is 3. The highest BCUT2D eigenvalue weighted by Crippen LogP contribution is 2.30. The molecule has 8 heteroatoms. The molecule has 0 saturated carbocycles. The first-order valence-corrected chi connectivity index (χ1v) is 10.6. The Morgan fingerprint density at radius 1 is 1.09 bits per heavy atom. The number of benzene rings is 2. The highest BCUT2D eigenvalue weighted by molar-refractivity contribution is 5.94. The largest absolute Gasteiger partial charge is 0.497 e. The molecule has 1 N–H and O–H groups in total. The van der Waals surface area contributed by atoms with Crippen molar-refractivity contribution in [3.63, 3.8) is 0 Å². The van der Waals surface area contributed by atoms with Crippen molar-refractivity contribution in [3.05, 3.63) is 70.6 Å². The molecule has 0 spiro atoms. The summed E-state index contributed by atoms with van der Waals surface area (Å²) >= 11 is 0. The van der Waals surface area contributed by atoms with Crippen molar-refractivity contribution in [2.24, 2.45) is 0 Å². The summed E-state index contributed by atoms with van der Waals surface area (Å²) in [5.74, 6) is 2.32. The predicted molar refractivity (Wildman–Crippen MR) is 125 cm³/mol. The van der Waals surface area contributed by atoms with Crippen molar-refractivity contribution in [1.29, 1.82) is 0 Å². The van der Waals surface area contributed by atoms with Gasteiger partial charge in [-0.05, 0) is 63.8 Å². The Bertz CT molecular complexity index is 1070. The van der Waals surface area contributed by atoms with E-state index in [9.17, 15) is 4.79 Å². The van der Waals surface area contributed by atoms with Crippen LogP contribution >= 0.6 is 0 Å². The van der Waals surface area contributed by atoms with Gasteiger partial charge in [0.1, 0.15) is 18.1 Å². The molecule has 1 atom stereocenters. The standard InChI is InChI=1S/C25H31N3O5/c1-16-21(17(2)33-27-16)15-32-23-11-10-19(13-24(23)31-6)25(29)26-14-22(28(3)4)18-8-7-9-20(12-18)30-5/h7-13,22H,14-15H2,1-6H3,(H,26,29). The highest BCUT2D eigenvalue weighted by atomic mass is 16.5. The van der Waals surface area contributed by atoms with Gasteiger partial charge in [-0.3, -0.25) is 4.79 Å². The number of hydrogen-bond donors (Lipinski definition) is 1. The van der Waals surface area contributed by atoms with Crippen LogP contribution in [0.25, 0.3) is 0 Å². The molecule has 0 bridgehead atoms. The molecular weight excluding hydrogens is 422 g/mol. The Hall–Kier alpha value is -3.52. The molecule has 0 aliphatic carbocycles. The number of hydrogen-bond acceptors (Lipinski definition) is 7. The van der Waals surface area contributed by atoms with Crippen LogP contribution in [0, 0.1) is 13.8 Å². The number of nitrogens with one attached hydrogen (secondary N) is 1. The summed E-state index contributed by atoms with van der Waals surface area (Å²) < 4.78 is 21.9. The second-order valence-electron chi connectivity index (χ2n) is 7.92. The van der Waals surface area contributed by atoms with Crippen LogP contribution in [0.1, 0.15) is 39.0 Å². The summed E-state index contributed by atoms with van der Waals surface area (Å²) in [7, 11) is 7.14. The van der Waals surface area contributed by atoms with Crippen molar-refractivity contribution in [3.8, 4) is 17.2 Å². The molecule has 0 aliphatic rings. The predicted octanol–water partition coefficient (Wildman–Crippen LogP) is 3.92. The molecule has 3 rings (SSSR count). The molecule has 2 aromatic carbocycles. The molecule has 0 fully saturated rings. The monoisotopic (exact) mass is 453 g/mol. The lowest BCUT2D eigenvalue weighted by Gasteiger charge is -2.25. The van der Waals surface area contributed by atoms with Gasteiger partial charge in [-0.15, -0.1) is 0 Å². The van der Waals surface area contributed by atoms with Crippen LogP contribution in [0.15, 0.2) is 47.0 Å². The van der Waals surface area contributed by atoms with Crippen LogP contribution in [-0.4, -0.2) is 50.8 Å². The first-order chi connectivity index (χ1) is 15.8. The second kappa shape index (κ2) is 10.9. The second-order valence-corrected chi connectivity index (χ2v) is 7.92. The number of carbonyl (C=O) groups is 1. The number of rotatable bonds is 10. The van der Waals surface area contributed by atoms with Gasteiger partial charge in [-0.25, -0.2) is 0 Å². The van der Waals surface area contributed by atoms with Crippen LogP contribution in [0.3, 0.4) is 0 Å². The fourth-order valence-corrected chi connectivity index (χ4v) is 3.52. The maximum Gasteiger partial charge on any atom is 0.251 e. The molecule has 0 aliphatic heterocycles. The molecule has 1 aromatic heterocycles. The van der Waals surface area contributed by atoms with E-state index >= 15 is 0 Å². The zero-order valence-corrected chi connectivity index (χ0v) is 20.0. The third-order valence-corrected chi connectivity index (χ3v) is 5.54. The first kappa shape index (κ1) is 24.1.